The number of imidazole rings is 2. The second-order valence-corrected chi connectivity index (χ2v) is 21.2. The van der Waals surface area contributed by atoms with Crippen LogP contribution in [0.2, 0.25) is 0 Å². The molecule has 0 fully saturated rings. The van der Waals surface area contributed by atoms with Crippen molar-refractivity contribution in [3.8, 4) is 34.0 Å². The average molecular weight is 853 g/mol. The third-order valence-electron chi connectivity index (χ3n) is 17.7. The lowest BCUT2D eigenvalue weighted by atomic mass is 9.56. The third-order valence-corrected chi connectivity index (χ3v) is 17.7. The van der Waals surface area contributed by atoms with Crippen LogP contribution in [0.3, 0.4) is 0 Å². The molecular formula is C60H54N4O. The Bertz CT molecular complexity index is 3800. The Labute approximate surface area is 388 Å². The SMILES string of the molecule is [2H]C([2H])([2H])c1ccc2c3c1c1ccc(Oc4ccc5c(c4)c4nc6c7n4c4c(ccc(C([2H])([2H])[2H])c54)C(C)(C)C7(C)CCCc4ccccc4-6)cc1c1nc4c(n13)C(C)(CCCc1ccccc1-4)C2(C)C. The Hall–Kier alpha value is -6.46. The van der Waals surface area contributed by atoms with E-state index in [1.54, 1.807) is 0 Å². The van der Waals surface area contributed by atoms with Gasteiger partial charge in [0.2, 0.25) is 0 Å². The molecule has 0 spiro atoms. The summed E-state index contributed by atoms with van der Waals surface area (Å²) in [6.07, 6.45) is 5.82. The van der Waals surface area contributed by atoms with Gasteiger partial charge in [0.25, 0.3) is 0 Å². The summed E-state index contributed by atoms with van der Waals surface area (Å²) < 4.78 is 64.8. The Balaban J connectivity index is 1.05. The summed E-state index contributed by atoms with van der Waals surface area (Å²) in [5.41, 5.74) is 13.9. The lowest BCUT2D eigenvalue weighted by molar-refractivity contribution is 0.239. The molecular weight excluding hydrogens is 793 g/mol. The molecule has 0 N–H and O–H groups in total. The zero-order valence-electron chi connectivity index (χ0n) is 43.8. The standard InChI is InChI=1S/C60H54N4O/c1-33-21-27-45-51-47(33)41-25-23-37(31-43(41)55-61-49-39-19-11-9-15-35(39)17-13-29-59(7,57(45,3)4)53(49)63(51)55)65-38-24-26-42-44(32-38)56-62-50-40-20-12-10-16-36(40)18-14-30-60(8)54(50)64(56)52-46(58(60,5)6)28-22-34(2)48(42)52/h9-12,15-16,19-28,31-32H,13-14,17-18,29-30H2,1-8H3/i1D3,2D3. The maximum absolute atomic E-state index is 8.87. The van der Waals surface area contributed by atoms with Gasteiger partial charge in [-0.1, -0.05) is 114 Å². The van der Waals surface area contributed by atoms with E-state index in [9.17, 15) is 0 Å². The number of rotatable bonds is 2. The van der Waals surface area contributed by atoms with E-state index in [1.807, 2.05) is 48.5 Å². The lowest BCUT2D eigenvalue weighted by Crippen LogP contribution is -2.47. The summed E-state index contributed by atoms with van der Waals surface area (Å²) in [4.78, 5) is 11.3. The maximum atomic E-state index is 8.87. The fourth-order valence-corrected chi connectivity index (χ4v) is 13.6. The molecule has 2 aliphatic carbocycles. The first-order valence-electron chi connectivity index (χ1n) is 26.5. The van der Waals surface area contributed by atoms with Crippen LogP contribution in [-0.4, -0.2) is 18.8 Å². The predicted molar refractivity (Wildman–Crippen MR) is 267 cm³/mol. The van der Waals surface area contributed by atoms with Crippen molar-refractivity contribution in [1.82, 2.24) is 18.8 Å². The number of hydrogen-bond donors (Lipinski definition) is 0. The van der Waals surface area contributed by atoms with Crippen molar-refractivity contribution in [2.24, 2.45) is 0 Å². The van der Waals surface area contributed by atoms with E-state index < -0.39 is 13.7 Å². The van der Waals surface area contributed by atoms with Crippen molar-refractivity contribution in [3.63, 3.8) is 0 Å². The molecule has 10 aromatic rings. The van der Waals surface area contributed by atoms with Crippen molar-refractivity contribution >= 4 is 54.6 Å². The van der Waals surface area contributed by atoms with Gasteiger partial charge in [0.05, 0.1) is 33.8 Å². The third kappa shape index (κ3) is 4.46. The minimum absolute atomic E-state index is 0.319. The number of nitrogens with zero attached hydrogens (tertiary/aromatic N) is 4. The number of fused-ring (bicyclic) bond motifs is 10. The minimum Gasteiger partial charge on any atom is -0.457 e. The average Bonchev–Trinajstić information content (AvgIpc) is 3.93. The van der Waals surface area contributed by atoms with Gasteiger partial charge in [-0.2, -0.15) is 0 Å². The molecule has 5 nitrogen and oxygen atoms in total. The first-order chi connectivity index (χ1) is 33.7. The van der Waals surface area contributed by atoms with Gasteiger partial charge in [-0.15, -0.1) is 0 Å². The number of aromatic nitrogens is 4. The van der Waals surface area contributed by atoms with E-state index in [0.717, 1.165) is 138 Å². The van der Waals surface area contributed by atoms with Gasteiger partial charge in [0.1, 0.15) is 22.8 Å². The highest BCUT2D eigenvalue weighted by molar-refractivity contribution is 6.17. The summed E-state index contributed by atoms with van der Waals surface area (Å²) in [6.45, 7) is 9.32. The highest BCUT2D eigenvalue weighted by Crippen LogP contribution is 2.59. The largest absolute Gasteiger partial charge is 0.457 e. The zero-order chi connectivity index (χ0) is 49.1. The molecule has 6 heterocycles. The predicted octanol–water partition coefficient (Wildman–Crippen LogP) is 15.1. The van der Waals surface area contributed by atoms with E-state index in [-0.39, 0.29) is 21.7 Å². The molecule has 2 unspecified atom stereocenters. The van der Waals surface area contributed by atoms with Crippen LogP contribution in [0.4, 0.5) is 0 Å². The summed E-state index contributed by atoms with van der Waals surface area (Å²) in [7, 11) is 0. The minimum atomic E-state index is -2.37. The fourth-order valence-electron chi connectivity index (χ4n) is 13.6. The van der Waals surface area contributed by atoms with Crippen LogP contribution < -0.4 is 4.74 Å². The van der Waals surface area contributed by atoms with Crippen molar-refractivity contribution in [1.29, 1.82) is 0 Å². The monoisotopic (exact) mass is 852 g/mol. The van der Waals surface area contributed by atoms with Crippen LogP contribution in [0.5, 0.6) is 11.5 Å². The van der Waals surface area contributed by atoms with Crippen LogP contribution in [0.25, 0.3) is 77.2 Å². The van der Waals surface area contributed by atoms with Gasteiger partial charge in [-0.05, 0) is 133 Å². The van der Waals surface area contributed by atoms with Gasteiger partial charge < -0.3 is 4.74 Å². The number of benzene rings is 6. The highest BCUT2D eigenvalue weighted by Gasteiger charge is 2.53. The topological polar surface area (TPSA) is 43.8 Å². The summed E-state index contributed by atoms with van der Waals surface area (Å²) in [5, 5.41) is 4.69. The van der Waals surface area contributed by atoms with Crippen molar-refractivity contribution < 1.29 is 13.0 Å². The molecule has 0 saturated heterocycles. The fraction of sp³-hybridized carbons (Fsp3) is 0.300. The van der Waals surface area contributed by atoms with E-state index in [0.29, 0.717) is 22.6 Å². The lowest BCUT2D eigenvalue weighted by Gasteiger charge is -2.49. The summed E-state index contributed by atoms with van der Waals surface area (Å²) in [6, 6.07) is 37.0. The first kappa shape index (κ1) is 32.2. The molecule has 0 saturated carbocycles. The second kappa shape index (κ2) is 12.2. The van der Waals surface area contributed by atoms with Crippen LogP contribution in [0.15, 0.2) is 109 Å². The van der Waals surface area contributed by atoms with Gasteiger partial charge in [-0.25, -0.2) is 9.97 Å². The van der Waals surface area contributed by atoms with Crippen LogP contribution in [-0.2, 0) is 34.5 Å². The molecule has 2 aliphatic heterocycles. The summed E-state index contributed by atoms with van der Waals surface area (Å²) >= 11 is 0. The first-order valence-corrected chi connectivity index (χ1v) is 23.5. The number of aryl methyl sites for hydroxylation is 4. The Morgan fingerprint density at radius 2 is 0.969 bits per heavy atom. The smallest absolute Gasteiger partial charge is 0.146 e. The van der Waals surface area contributed by atoms with E-state index in [4.69, 9.17) is 22.9 Å². The second-order valence-electron chi connectivity index (χ2n) is 21.2. The Morgan fingerprint density at radius 3 is 1.42 bits per heavy atom. The maximum Gasteiger partial charge on any atom is 0.146 e. The highest BCUT2D eigenvalue weighted by atomic mass is 16.5. The zero-order valence-corrected chi connectivity index (χ0v) is 37.8. The Morgan fingerprint density at radius 1 is 0.523 bits per heavy atom. The normalized spacial score (nSPS) is 23.0. The van der Waals surface area contributed by atoms with Crippen LogP contribution in [0.1, 0.15) is 120 Å². The molecule has 0 radical (unpaired) electrons. The van der Waals surface area contributed by atoms with E-state index in [2.05, 4.69) is 111 Å². The molecule has 0 bridgehead atoms. The van der Waals surface area contributed by atoms with Gasteiger partial charge in [-0.3, -0.25) is 8.80 Å². The molecule has 6 aromatic carbocycles. The summed E-state index contributed by atoms with van der Waals surface area (Å²) in [5.74, 6) is 1.14. The van der Waals surface area contributed by atoms with Crippen LogP contribution >= 0.6 is 0 Å². The van der Waals surface area contributed by atoms with E-state index in [1.165, 1.54) is 11.1 Å². The molecule has 4 aliphatic rings. The molecule has 320 valence electrons. The number of pyridine rings is 2. The van der Waals surface area contributed by atoms with Gasteiger partial charge >= 0.3 is 0 Å². The number of hydrogen-bond acceptors (Lipinski definition) is 3. The molecule has 4 aromatic heterocycles. The van der Waals surface area contributed by atoms with Crippen molar-refractivity contribution in [2.45, 2.75) is 115 Å². The molecule has 5 heteroatoms. The van der Waals surface area contributed by atoms with Gasteiger partial charge in [0, 0.05) is 62.6 Å². The molecule has 65 heavy (non-hydrogen) atoms. The van der Waals surface area contributed by atoms with Gasteiger partial charge in [0.15, 0.2) is 0 Å². The van der Waals surface area contributed by atoms with E-state index >= 15 is 0 Å². The molecule has 0 amide bonds. The van der Waals surface area contributed by atoms with Crippen LogP contribution in [0, 0.1) is 13.7 Å². The van der Waals surface area contributed by atoms with Crippen molar-refractivity contribution in [2.75, 3.05) is 0 Å². The molecule has 14 rings (SSSR count). The molecule has 2 atom stereocenters. The quantitative estimate of drug-likeness (QED) is 0.163. The van der Waals surface area contributed by atoms with Crippen molar-refractivity contribution in [3.05, 3.63) is 154 Å². The Kier molecular flexibility index (Phi) is 6.08. The number of ether oxygens (including phenoxy) is 1.